The lowest BCUT2D eigenvalue weighted by Gasteiger charge is -2.27. The Hall–Kier alpha value is -2.28. The number of esters is 1. The van der Waals surface area contributed by atoms with Crippen LogP contribution in [-0.4, -0.2) is 24.0 Å². The lowest BCUT2D eigenvalue weighted by Crippen LogP contribution is -2.30. The molecule has 2 aromatic rings. The first-order valence-electron chi connectivity index (χ1n) is 8.06. The molecule has 0 N–H and O–H groups in total. The Kier molecular flexibility index (Phi) is 6.47. The van der Waals surface area contributed by atoms with Crippen molar-refractivity contribution in [3.8, 4) is 0 Å². The minimum atomic E-state index is -0.645. The van der Waals surface area contributed by atoms with E-state index < -0.39 is 24.1 Å². The van der Waals surface area contributed by atoms with E-state index >= 15 is 0 Å². The van der Waals surface area contributed by atoms with Gasteiger partial charge in [0.1, 0.15) is 12.2 Å². The fourth-order valence-electron chi connectivity index (χ4n) is 2.58. The van der Waals surface area contributed by atoms with Gasteiger partial charge in [0.2, 0.25) is 5.91 Å². The summed E-state index contributed by atoms with van der Waals surface area (Å²) in [6, 6.07) is 6.05. The van der Waals surface area contributed by atoms with E-state index in [1.807, 2.05) is 20.8 Å². The smallest absolute Gasteiger partial charge is 0.315 e. The number of rotatable bonds is 5. The van der Waals surface area contributed by atoms with Crippen molar-refractivity contribution < 1.29 is 18.7 Å². The van der Waals surface area contributed by atoms with Crippen LogP contribution in [0.4, 0.5) is 15.8 Å². The van der Waals surface area contributed by atoms with Crippen molar-refractivity contribution in [2.75, 3.05) is 12.0 Å². The van der Waals surface area contributed by atoms with Gasteiger partial charge >= 0.3 is 5.97 Å². The van der Waals surface area contributed by atoms with Crippen LogP contribution in [-0.2, 0) is 14.3 Å². The highest BCUT2D eigenvalue weighted by Gasteiger charge is 2.27. The molecule has 5 nitrogen and oxygen atoms in total. The molecule has 0 bridgehead atoms. The van der Waals surface area contributed by atoms with Gasteiger partial charge in [-0.15, -0.1) is 0 Å². The molecule has 1 aromatic heterocycles. The molecule has 0 radical (unpaired) electrons. The molecule has 0 aliphatic heterocycles. The quantitative estimate of drug-likeness (QED) is 0.519. The van der Waals surface area contributed by atoms with Crippen LogP contribution >= 0.6 is 15.9 Å². The van der Waals surface area contributed by atoms with Crippen LogP contribution in [0.5, 0.6) is 0 Å². The molecular weight excluding hydrogens is 403 g/mol. The zero-order chi connectivity index (χ0) is 19.4. The highest BCUT2D eigenvalue weighted by molar-refractivity contribution is 9.10. The highest BCUT2D eigenvalue weighted by atomic mass is 79.9. The van der Waals surface area contributed by atoms with Crippen LogP contribution in [0, 0.1) is 12.7 Å². The van der Waals surface area contributed by atoms with Gasteiger partial charge in [0.25, 0.3) is 0 Å². The Balaban J connectivity index is 2.67. The third kappa shape index (κ3) is 4.27. The van der Waals surface area contributed by atoms with Crippen molar-refractivity contribution in [1.29, 1.82) is 0 Å². The zero-order valence-electron chi connectivity index (χ0n) is 15.0. The van der Waals surface area contributed by atoms with Crippen molar-refractivity contribution >= 4 is 39.2 Å². The van der Waals surface area contributed by atoms with Crippen LogP contribution in [0.1, 0.15) is 37.4 Å². The second kappa shape index (κ2) is 8.40. The number of pyridine rings is 1. The van der Waals surface area contributed by atoms with Gasteiger partial charge in [-0.2, -0.15) is 0 Å². The number of ether oxygens (including phenoxy) is 1. The number of aromatic nitrogens is 1. The maximum atomic E-state index is 13.7. The summed E-state index contributed by atoms with van der Waals surface area (Å²) in [5, 5.41) is 0. The van der Waals surface area contributed by atoms with Gasteiger partial charge in [0.15, 0.2) is 0 Å². The summed E-state index contributed by atoms with van der Waals surface area (Å²) in [6.45, 7) is 5.80. The Morgan fingerprint density at radius 3 is 2.58 bits per heavy atom. The Bertz CT molecular complexity index is 840. The number of anilines is 2. The van der Waals surface area contributed by atoms with Gasteiger partial charge in [-0.1, -0.05) is 13.8 Å². The van der Waals surface area contributed by atoms with Crippen LogP contribution in [0.15, 0.2) is 34.9 Å². The van der Waals surface area contributed by atoms with Crippen molar-refractivity contribution in [3.63, 3.8) is 0 Å². The molecule has 0 saturated carbocycles. The first kappa shape index (κ1) is 20.0. The Labute approximate surface area is 160 Å². The lowest BCUT2D eigenvalue weighted by molar-refractivity contribution is -0.143. The number of amides is 1. The summed E-state index contributed by atoms with van der Waals surface area (Å²) >= 11 is 3.15. The topological polar surface area (TPSA) is 59.5 Å². The molecule has 0 aliphatic rings. The van der Waals surface area contributed by atoms with Crippen molar-refractivity contribution in [2.45, 2.75) is 33.1 Å². The molecule has 138 valence electrons. The number of carbonyl (C=O) groups is 2. The Morgan fingerprint density at radius 1 is 1.31 bits per heavy atom. The zero-order valence-corrected chi connectivity index (χ0v) is 16.6. The van der Waals surface area contributed by atoms with E-state index in [1.54, 1.807) is 12.3 Å². The summed E-state index contributed by atoms with van der Waals surface area (Å²) in [5.41, 5.74) is 2.56. The van der Waals surface area contributed by atoms with Gasteiger partial charge in [-0.25, -0.2) is 4.39 Å². The molecule has 0 atom stereocenters. The average molecular weight is 423 g/mol. The van der Waals surface area contributed by atoms with Crippen LogP contribution < -0.4 is 4.90 Å². The van der Waals surface area contributed by atoms with Gasteiger partial charge in [-0.3, -0.25) is 19.5 Å². The van der Waals surface area contributed by atoms with Gasteiger partial charge in [0, 0.05) is 6.20 Å². The predicted octanol–water partition coefficient (Wildman–Crippen LogP) is 4.64. The van der Waals surface area contributed by atoms with Crippen LogP contribution in [0.25, 0.3) is 0 Å². The van der Waals surface area contributed by atoms with Gasteiger partial charge in [0.05, 0.1) is 28.7 Å². The first-order valence-corrected chi connectivity index (χ1v) is 8.85. The number of aryl methyl sites for hydroxylation is 1. The second-order valence-electron chi connectivity index (χ2n) is 6.10. The van der Waals surface area contributed by atoms with E-state index in [2.05, 4.69) is 25.7 Å². The van der Waals surface area contributed by atoms with Crippen molar-refractivity contribution in [3.05, 3.63) is 52.0 Å². The maximum absolute atomic E-state index is 13.7. The fraction of sp³-hybridized carbons (Fsp3) is 0.316. The lowest BCUT2D eigenvalue weighted by atomic mass is 10.0. The summed E-state index contributed by atoms with van der Waals surface area (Å²) in [4.78, 5) is 30.4. The second-order valence-corrected chi connectivity index (χ2v) is 6.95. The summed E-state index contributed by atoms with van der Waals surface area (Å²) in [5.74, 6) is -1.52. The molecule has 1 heterocycles. The Morgan fingerprint density at radius 2 is 2.00 bits per heavy atom. The van der Waals surface area contributed by atoms with Gasteiger partial charge < -0.3 is 4.74 Å². The van der Waals surface area contributed by atoms with E-state index in [0.29, 0.717) is 17.1 Å². The number of methoxy groups -OCH3 is 1. The summed E-state index contributed by atoms with van der Waals surface area (Å²) < 4.78 is 18.5. The molecule has 0 saturated heterocycles. The van der Waals surface area contributed by atoms with Crippen molar-refractivity contribution in [2.24, 2.45) is 0 Å². The fourth-order valence-corrected chi connectivity index (χ4v) is 2.95. The van der Waals surface area contributed by atoms with E-state index in [9.17, 15) is 14.0 Å². The normalized spacial score (nSPS) is 10.7. The van der Waals surface area contributed by atoms with Crippen LogP contribution in [0.2, 0.25) is 0 Å². The number of benzene rings is 1. The largest absolute Gasteiger partial charge is 0.469 e. The summed E-state index contributed by atoms with van der Waals surface area (Å²) in [7, 11) is 1.23. The maximum Gasteiger partial charge on any atom is 0.315 e. The highest BCUT2D eigenvalue weighted by Crippen LogP contribution is 2.36. The minimum Gasteiger partial charge on any atom is -0.469 e. The monoisotopic (exact) mass is 422 g/mol. The van der Waals surface area contributed by atoms with Crippen LogP contribution in [0.3, 0.4) is 0 Å². The van der Waals surface area contributed by atoms with Gasteiger partial charge in [-0.05, 0) is 58.6 Å². The predicted molar refractivity (Wildman–Crippen MR) is 101 cm³/mol. The molecule has 0 fully saturated rings. The molecule has 7 heteroatoms. The standard InChI is InChI=1S/C19H20BrFN2O3/c1-11(2)18-19(12(3)7-8-22-18)23(16(24)10-17(25)26-4)13-5-6-15(21)14(20)9-13/h5-9,11H,10H2,1-4H3. The number of halogens is 2. The van der Waals surface area contributed by atoms with E-state index in [-0.39, 0.29) is 10.4 Å². The summed E-state index contributed by atoms with van der Waals surface area (Å²) in [6.07, 6.45) is 1.25. The number of nitrogens with zero attached hydrogens (tertiary/aromatic N) is 2. The number of carbonyl (C=O) groups excluding carboxylic acids is 2. The first-order chi connectivity index (χ1) is 12.3. The van der Waals surface area contributed by atoms with E-state index in [4.69, 9.17) is 0 Å². The minimum absolute atomic E-state index is 0.0437. The molecular formula is C19H20BrFN2O3. The molecule has 0 unspecified atom stereocenters. The molecule has 26 heavy (non-hydrogen) atoms. The molecule has 1 aromatic carbocycles. The van der Waals surface area contributed by atoms with Crippen molar-refractivity contribution in [1.82, 2.24) is 4.98 Å². The van der Waals surface area contributed by atoms with E-state index in [0.717, 1.165) is 5.56 Å². The van der Waals surface area contributed by atoms with E-state index in [1.165, 1.54) is 30.2 Å². The third-order valence-electron chi connectivity index (χ3n) is 3.86. The molecule has 2 rings (SSSR count). The average Bonchev–Trinajstić information content (AvgIpc) is 2.59. The number of hydrogen-bond donors (Lipinski definition) is 0. The molecule has 0 aliphatic carbocycles. The molecule has 1 amide bonds. The molecule has 0 spiro atoms. The third-order valence-corrected chi connectivity index (χ3v) is 4.47. The SMILES string of the molecule is COC(=O)CC(=O)N(c1ccc(F)c(Br)c1)c1c(C)ccnc1C(C)C. The number of hydrogen-bond acceptors (Lipinski definition) is 4.